The number of hydrogen-bond donors (Lipinski definition) is 2. The fourth-order valence-corrected chi connectivity index (χ4v) is 4.96. The Balaban J connectivity index is 1.44. The normalized spacial score (nSPS) is 26.1. The lowest BCUT2D eigenvalue weighted by molar-refractivity contribution is -0.132. The molecule has 2 aliphatic heterocycles. The van der Waals surface area contributed by atoms with Crippen LogP contribution in [0.25, 0.3) is 6.08 Å². The van der Waals surface area contributed by atoms with E-state index >= 15 is 0 Å². The molecule has 2 aliphatic rings. The van der Waals surface area contributed by atoms with Gasteiger partial charge in [-0.2, -0.15) is 0 Å². The largest absolute Gasteiger partial charge is 0.357 e. The summed E-state index contributed by atoms with van der Waals surface area (Å²) in [5.41, 5.74) is 1.24. The SMILES string of the molecule is CC[C@@]1(C(=O)NC/C=C/c2ccccc2)C[C@@H]2CC[C@H]1N2C(=O)c1ccc[nH]1. The Labute approximate surface area is 165 Å². The fraction of sp³-hybridized carbons (Fsp3) is 0.391. The second-order valence-corrected chi connectivity index (χ2v) is 7.78. The number of benzene rings is 1. The Morgan fingerprint density at radius 2 is 2.04 bits per heavy atom. The van der Waals surface area contributed by atoms with Gasteiger partial charge in [0.1, 0.15) is 5.69 Å². The molecule has 0 aliphatic carbocycles. The van der Waals surface area contributed by atoms with Crippen LogP contribution < -0.4 is 5.32 Å². The number of hydrogen-bond acceptors (Lipinski definition) is 2. The van der Waals surface area contributed by atoms with E-state index in [4.69, 9.17) is 0 Å². The van der Waals surface area contributed by atoms with E-state index < -0.39 is 5.41 Å². The molecule has 4 rings (SSSR count). The zero-order chi connectivity index (χ0) is 19.6. The highest BCUT2D eigenvalue weighted by Gasteiger charge is 2.60. The summed E-state index contributed by atoms with van der Waals surface area (Å²) in [7, 11) is 0. The third-order valence-corrected chi connectivity index (χ3v) is 6.38. The van der Waals surface area contributed by atoms with Gasteiger partial charge in [-0.25, -0.2) is 0 Å². The van der Waals surface area contributed by atoms with Crippen LogP contribution in [0.15, 0.2) is 54.7 Å². The van der Waals surface area contributed by atoms with Crippen LogP contribution in [-0.2, 0) is 4.79 Å². The number of rotatable bonds is 6. The van der Waals surface area contributed by atoms with Crippen LogP contribution in [0.5, 0.6) is 0 Å². The van der Waals surface area contributed by atoms with Gasteiger partial charge in [0.15, 0.2) is 0 Å². The summed E-state index contributed by atoms with van der Waals surface area (Å²) in [5.74, 6) is 0.0915. The Kier molecular flexibility index (Phi) is 5.07. The smallest absolute Gasteiger partial charge is 0.270 e. The first kappa shape index (κ1) is 18.5. The number of fused-ring (bicyclic) bond motifs is 2. The van der Waals surface area contributed by atoms with E-state index in [0.29, 0.717) is 12.2 Å². The molecule has 2 fully saturated rings. The summed E-state index contributed by atoms with van der Waals surface area (Å²) in [4.78, 5) is 31.1. The molecule has 2 N–H and O–H groups in total. The molecule has 2 amide bonds. The summed E-state index contributed by atoms with van der Waals surface area (Å²) >= 11 is 0. The molecule has 5 nitrogen and oxygen atoms in total. The third kappa shape index (κ3) is 3.15. The summed E-state index contributed by atoms with van der Waals surface area (Å²) in [5, 5.41) is 3.09. The molecule has 3 atom stereocenters. The summed E-state index contributed by atoms with van der Waals surface area (Å²) < 4.78 is 0. The average Bonchev–Trinajstić information content (AvgIpc) is 3.47. The van der Waals surface area contributed by atoms with Crippen LogP contribution in [0.2, 0.25) is 0 Å². The predicted molar refractivity (Wildman–Crippen MR) is 110 cm³/mol. The molecule has 1 aromatic heterocycles. The molecule has 0 spiro atoms. The highest BCUT2D eigenvalue weighted by molar-refractivity contribution is 5.95. The molecule has 0 unspecified atom stereocenters. The number of H-pyrrole nitrogens is 1. The number of carbonyl (C=O) groups is 2. The van der Waals surface area contributed by atoms with Crippen molar-refractivity contribution >= 4 is 17.9 Å². The lowest BCUT2D eigenvalue weighted by atomic mass is 9.71. The van der Waals surface area contributed by atoms with Gasteiger partial charge in [0.25, 0.3) is 5.91 Å². The Hall–Kier alpha value is -2.82. The van der Waals surface area contributed by atoms with Gasteiger partial charge >= 0.3 is 0 Å². The fourth-order valence-electron chi connectivity index (χ4n) is 4.96. The molecule has 2 bridgehead atoms. The molecular formula is C23H27N3O2. The minimum atomic E-state index is -0.480. The molecule has 28 heavy (non-hydrogen) atoms. The molecule has 2 saturated heterocycles. The highest BCUT2D eigenvalue weighted by atomic mass is 16.2. The zero-order valence-electron chi connectivity index (χ0n) is 16.2. The van der Waals surface area contributed by atoms with E-state index in [-0.39, 0.29) is 23.9 Å². The van der Waals surface area contributed by atoms with Crippen molar-refractivity contribution in [3.05, 3.63) is 66.0 Å². The van der Waals surface area contributed by atoms with Gasteiger partial charge in [0.05, 0.1) is 5.41 Å². The second kappa shape index (κ2) is 7.66. The van der Waals surface area contributed by atoms with E-state index in [1.54, 1.807) is 6.20 Å². The quantitative estimate of drug-likeness (QED) is 0.808. The van der Waals surface area contributed by atoms with Crippen molar-refractivity contribution in [1.29, 1.82) is 0 Å². The molecule has 0 saturated carbocycles. The van der Waals surface area contributed by atoms with Gasteiger partial charge in [-0.15, -0.1) is 0 Å². The van der Waals surface area contributed by atoms with Gasteiger partial charge < -0.3 is 15.2 Å². The number of aromatic nitrogens is 1. The minimum absolute atomic E-state index is 0.0172. The second-order valence-electron chi connectivity index (χ2n) is 7.78. The van der Waals surface area contributed by atoms with Crippen LogP contribution in [0, 0.1) is 5.41 Å². The van der Waals surface area contributed by atoms with Crippen LogP contribution in [0.4, 0.5) is 0 Å². The number of nitrogens with zero attached hydrogens (tertiary/aromatic N) is 1. The van der Waals surface area contributed by atoms with Crippen molar-refractivity contribution in [3.8, 4) is 0 Å². The van der Waals surface area contributed by atoms with Crippen molar-refractivity contribution in [2.45, 2.75) is 44.7 Å². The van der Waals surface area contributed by atoms with Gasteiger partial charge in [-0.3, -0.25) is 9.59 Å². The van der Waals surface area contributed by atoms with Crippen molar-refractivity contribution in [2.75, 3.05) is 6.54 Å². The molecule has 5 heteroatoms. The third-order valence-electron chi connectivity index (χ3n) is 6.38. The summed E-state index contributed by atoms with van der Waals surface area (Å²) in [6, 6.07) is 13.8. The molecular weight excluding hydrogens is 350 g/mol. The lowest BCUT2D eigenvalue weighted by Gasteiger charge is -2.35. The van der Waals surface area contributed by atoms with Crippen molar-refractivity contribution < 1.29 is 9.59 Å². The summed E-state index contributed by atoms with van der Waals surface area (Å²) in [6.45, 7) is 2.56. The first-order chi connectivity index (χ1) is 13.7. The molecule has 3 heterocycles. The Morgan fingerprint density at radius 1 is 1.21 bits per heavy atom. The first-order valence-electron chi connectivity index (χ1n) is 10.1. The van der Waals surface area contributed by atoms with E-state index in [2.05, 4.69) is 17.2 Å². The average molecular weight is 377 g/mol. The van der Waals surface area contributed by atoms with Gasteiger partial charge in [0.2, 0.25) is 5.91 Å². The maximum Gasteiger partial charge on any atom is 0.270 e. The number of carbonyl (C=O) groups excluding carboxylic acids is 2. The first-order valence-corrected chi connectivity index (χ1v) is 10.1. The van der Waals surface area contributed by atoms with Gasteiger partial charge in [-0.05, 0) is 43.4 Å². The van der Waals surface area contributed by atoms with Gasteiger partial charge in [0, 0.05) is 24.8 Å². The van der Waals surface area contributed by atoms with E-state index in [1.165, 1.54) is 0 Å². The van der Waals surface area contributed by atoms with E-state index in [0.717, 1.165) is 31.2 Å². The highest BCUT2D eigenvalue weighted by Crippen LogP contribution is 2.52. The standard InChI is InChI=1S/C23H27N3O2/c1-2-23(22(28)25-15-6-10-17-8-4-3-5-9-17)16-18-12-13-20(23)26(18)21(27)19-11-7-14-24-19/h3-11,14,18,20,24H,2,12-13,15-16H2,1H3,(H,25,28)/b10-6+/t18-,20+,23+/m0/s1. The molecule has 2 aromatic rings. The lowest BCUT2D eigenvalue weighted by Crippen LogP contribution is -2.49. The van der Waals surface area contributed by atoms with Gasteiger partial charge in [-0.1, -0.05) is 49.4 Å². The van der Waals surface area contributed by atoms with E-state index in [1.807, 2.05) is 59.5 Å². The van der Waals surface area contributed by atoms with Crippen molar-refractivity contribution in [3.63, 3.8) is 0 Å². The zero-order valence-corrected chi connectivity index (χ0v) is 16.2. The number of aromatic amines is 1. The number of amides is 2. The maximum atomic E-state index is 13.2. The van der Waals surface area contributed by atoms with Crippen LogP contribution in [0.3, 0.4) is 0 Å². The molecule has 0 radical (unpaired) electrons. The predicted octanol–water partition coefficient (Wildman–Crippen LogP) is 3.62. The Morgan fingerprint density at radius 3 is 2.75 bits per heavy atom. The van der Waals surface area contributed by atoms with E-state index in [9.17, 15) is 9.59 Å². The Bertz CT molecular complexity index is 859. The van der Waals surface area contributed by atoms with Crippen LogP contribution >= 0.6 is 0 Å². The van der Waals surface area contributed by atoms with Crippen molar-refractivity contribution in [1.82, 2.24) is 15.2 Å². The molecule has 1 aromatic carbocycles. The number of nitrogens with one attached hydrogen (secondary N) is 2. The van der Waals surface area contributed by atoms with Crippen molar-refractivity contribution in [2.24, 2.45) is 5.41 Å². The minimum Gasteiger partial charge on any atom is -0.357 e. The topological polar surface area (TPSA) is 65.2 Å². The monoisotopic (exact) mass is 377 g/mol. The van der Waals surface area contributed by atoms with Crippen LogP contribution in [-0.4, -0.2) is 40.3 Å². The van der Waals surface area contributed by atoms with Crippen LogP contribution in [0.1, 0.15) is 48.7 Å². The maximum absolute atomic E-state index is 13.2. The summed E-state index contributed by atoms with van der Waals surface area (Å²) in [6.07, 6.45) is 9.15. The molecule has 146 valence electrons.